The Morgan fingerprint density at radius 2 is 1.87 bits per heavy atom. The number of amides is 1. The lowest BCUT2D eigenvalue weighted by molar-refractivity contribution is -0.132. The predicted octanol–water partition coefficient (Wildman–Crippen LogP) is 6.43. The number of hydrogen-bond donors (Lipinski definition) is 1. The van der Waals surface area contributed by atoms with E-state index in [2.05, 4.69) is 13.0 Å². The van der Waals surface area contributed by atoms with E-state index in [0.717, 1.165) is 56.6 Å². The summed E-state index contributed by atoms with van der Waals surface area (Å²) in [6, 6.07) is 16.5. The standard InChI is InChI=1S/C31H28N2O4S/c1-5-19-6-8-20(9-7-19)27-25(28(34)21-10-11-23-22(15-21)14-18(4)37-23)29(35)30(36)33(27)31-32-26-17(3)12-16(2)13-24(26)38-31/h6-13,15,18,27,34H,5,14H2,1-4H3/b28-25+. The molecule has 3 heterocycles. The van der Waals surface area contributed by atoms with Gasteiger partial charge in [-0.1, -0.05) is 48.6 Å². The Balaban J connectivity index is 1.54. The molecule has 2 aliphatic rings. The van der Waals surface area contributed by atoms with Gasteiger partial charge >= 0.3 is 5.91 Å². The number of fused-ring (bicyclic) bond motifs is 2. The maximum absolute atomic E-state index is 13.6. The minimum absolute atomic E-state index is 0.0520. The minimum atomic E-state index is -0.800. The average molecular weight is 525 g/mol. The fraction of sp³-hybridized carbons (Fsp3) is 0.258. The van der Waals surface area contributed by atoms with Crippen LogP contribution in [0.1, 0.15) is 53.3 Å². The Hall–Kier alpha value is -3.97. The highest BCUT2D eigenvalue weighted by Crippen LogP contribution is 2.45. The van der Waals surface area contributed by atoms with Crippen molar-refractivity contribution in [3.8, 4) is 5.75 Å². The van der Waals surface area contributed by atoms with E-state index in [1.807, 2.05) is 63.2 Å². The summed E-state index contributed by atoms with van der Waals surface area (Å²) in [5, 5.41) is 12.0. The fourth-order valence-corrected chi connectivity index (χ4v) is 6.64. The molecule has 0 aliphatic carbocycles. The molecule has 2 aliphatic heterocycles. The zero-order valence-corrected chi connectivity index (χ0v) is 22.6. The molecule has 2 unspecified atom stereocenters. The van der Waals surface area contributed by atoms with Gasteiger partial charge in [0.1, 0.15) is 17.6 Å². The number of hydrogen-bond acceptors (Lipinski definition) is 6. The first-order valence-electron chi connectivity index (χ1n) is 12.8. The molecule has 0 spiro atoms. The van der Waals surface area contributed by atoms with Crippen LogP contribution in [0.5, 0.6) is 5.75 Å². The molecule has 0 bridgehead atoms. The Morgan fingerprint density at radius 1 is 1.11 bits per heavy atom. The highest BCUT2D eigenvalue weighted by Gasteiger charge is 2.48. The van der Waals surface area contributed by atoms with E-state index in [0.29, 0.717) is 10.7 Å². The topological polar surface area (TPSA) is 79.7 Å². The van der Waals surface area contributed by atoms with Crippen LogP contribution in [0.25, 0.3) is 16.0 Å². The lowest BCUT2D eigenvalue weighted by Gasteiger charge is -2.23. The third-order valence-corrected chi connectivity index (χ3v) is 8.34. The normalized spacial score (nSPS) is 20.3. The highest BCUT2D eigenvalue weighted by molar-refractivity contribution is 7.22. The molecule has 4 aromatic rings. The number of rotatable bonds is 4. The fourth-order valence-electron chi connectivity index (χ4n) is 5.47. The summed E-state index contributed by atoms with van der Waals surface area (Å²) < 4.78 is 6.76. The van der Waals surface area contributed by atoms with Crippen LogP contribution in [0.15, 0.2) is 60.2 Å². The van der Waals surface area contributed by atoms with E-state index in [-0.39, 0.29) is 17.4 Å². The minimum Gasteiger partial charge on any atom is -0.507 e. The summed E-state index contributed by atoms with van der Waals surface area (Å²) in [6.45, 7) is 8.08. The van der Waals surface area contributed by atoms with E-state index >= 15 is 0 Å². The Labute approximate surface area is 225 Å². The Kier molecular flexibility index (Phi) is 5.83. The number of Topliss-reactive ketones (excluding diaryl/α,β-unsaturated/α-hetero) is 1. The maximum atomic E-state index is 13.6. The zero-order chi connectivity index (χ0) is 26.7. The van der Waals surface area contributed by atoms with E-state index in [1.54, 1.807) is 6.07 Å². The third-order valence-electron chi connectivity index (χ3n) is 7.34. The van der Waals surface area contributed by atoms with Crippen molar-refractivity contribution in [1.82, 2.24) is 4.98 Å². The van der Waals surface area contributed by atoms with Crippen LogP contribution >= 0.6 is 11.3 Å². The molecule has 2 atom stereocenters. The number of ether oxygens (including phenoxy) is 1. The number of anilines is 1. The molecular formula is C31H28N2O4S. The van der Waals surface area contributed by atoms with Crippen LogP contribution < -0.4 is 9.64 Å². The van der Waals surface area contributed by atoms with E-state index in [4.69, 9.17) is 9.72 Å². The number of aryl methyl sites for hydroxylation is 3. The second-order valence-electron chi connectivity index (χ2n) is 10.1. The summed E-state index contributed by atoms with van der Waals surface area (Å²) in [6.07, 6.45) is 1.64. The van der Waals surface area contributed by atoms with Gasteiger partial charge in [0.25, 0.3) is 5.78 Å². The van der Waals surface area contributed by atoms with Crippen molar-refractivity contribution in [2.45, 2.75) is 52.7 Å². The molecule has 1 saturated heterocycles. The van der Waals surface area contributed by atoms with Crippen molar-refractivity contribution in [2.75, 3.05) is 4.90 Å². The van der Waals surface area contributed by atoms with Crippen LogP contribution in [-0.4, -0.2) is 27.9 Å². The van der Waals surface area contributed by atoms with Gasteiger partial charge < -0.3 is 9.84 Å². The van der Waals surface area contributed by atoms with Crippen LogP contribution in [0.2, 0.25) is 0 Å². The molecule has 6 nitrogen and oxygen atoms in total. The molecule has 1 fully saturated rings. The molecule has 1 amide bonds. The molecule has 3 aromatic carbocycles. The Morgan fingerprint density at radius 3 is 2.61 bits per heavy atom. The molecule has 0 saturated carbocycles. The number of carbonyl (C=O) groups excluding carboxylic acids is 2. The van der Waals surface area contributed by atoms with Gasteiger partial charge in [-0.25, -0.2) is 4.98 Å². The summed E-state index contributed by atoms with van der Waals surface area (Å²) in [4.78, 5) is 33.4. The van der Waals surface area contributed by atoms with Crippen LogP contribution in [0, 0.1) is 13.8 Å². The molecule has 0 radical (unpaired) electrons. The van der Waals surface area contributed by atoms with Crippen molar-refractivity contribution in [3.05, 3.63) is 93.6 Å². The van der Waals surface area contributed by atoms with Crippen LogP contribution in [0.4, 0.5) is 5.13 Å². The number of carbonyl (C=O) groups is 2. The number of aromatic nitrogens is 1. The molecule has 38 heavy (non-hydrogen) atoms. The van der Waals surface area contributed by atoms with Gasteiger partial charge in [0, 0.05) is 12.0 Å². The Bertz CT molecular complexity index is 1650. The summed E-state index contributed by atoms with van der Waals surface area (Å²) in [5.74, 6) is -0.820. The number of aliphatic hydroxyl groups is 1. The smallest absolute Gasteiger partial charge is 0.301 e. The average Bonchev–Trinajstić information content (AvgIpc) is 3.56. The number of benzene rings is 3. The molecule has 6 rings (SSSR count). The van der Waals surface area contributed by atoms with Crippen LogP contribution in [-0.2, 0) is 22.4 Å². The maximum Gasteiger partial charge on any atom is 0.301 e. The SMILES string of the molecule is CCc1ccc(C2/C(=C(\O)c3ccc4c(c3)CC(C)O4)C(=O)C(=O)N2c2nc3c(C)cc(C)cc3s2)cc1. The molecule has 1 aromatic heterocycles. The van der Waals surface area contributed by atoms with Gasteiger partial charge in [0.05, 0.1) is 21.8 Å². The van der Waals surface area contributed by atoms with Crippen molar-refractivity contribution < 1.29 is 19.4 Å². The molecular weight excluding hydrogens is 496 g/mol. The van der Waals surface area contributed by atoms with Gasteiger partial charge in [0.2, 0.25) is 0 Å². The van der Waals surface area contributed by atoms with Crippen molar-refractivity contribution in [2.24, 2.45) is 0 Å². The molecule has 192 valence electrons. The summed E-state index contributed by atoms with van der Waals surface area (Å²) >= 11 is 1.38. The van der Waals surface area contributed by atoms with E-state index in [1.165, 1.54) is 16.2 Å². The second kappa shape index (κ2) is 9.10. The van der Waals surface area contributed by atoms with E-state index in [9.17, 15) is 14.7 Å². The first-order chi connectivity index (χ1) is 18.2. The number of nitrogens with zero attached hydrogens (tertiary/aromatic N) is 2. The van der Waals surface area contributed by atoms with Gasteiger partial charge in [-0.2, -0.15) is 0 Å². The monoisotopic (exact) mass is 524 g/mol. The van der Waals surface area contributed by atoms with Gasteiger partial charge in [-0.15, -0.1) is 0 Å². The highest BCUT2D eigenvalue weighted by atomic mass is 32.1. The third kappa shape index (κ3) is 3.89. The van der Waals surface area contributed by atoms with Crippen molar-refractivity contribution in [3.63, 3.8) is 0 Å². The quantitative estimate of drug-likeness (QED) is 0.189. The molecule has 1 N–H and O–H groups in total. The largest absolute Gasteiger partial charge is 0.507 e. The number of aliphatic hydroxyl groups excluding tert-OH is 1. The van der Waals surface area contributed by atoms with Crippen molar-refractivity contribution >= 4 is 44.1 Å². The number of ketones is 1. The number of thiazole rings is 1. The van der Waals surface area contributed by atoms with Gasteiger partial charge in [-0.3, -0.25) is 14.5 Å². The summed E-state index contributed by atoms with van der Waals surface area (Å²) in [7, 11) is 0. The lowest BCUT2D eigenvalue weighted by Crippen LogP contribution is -2.29. The van der Waals surface area contributed by atoms with E-state index < -0.39 is 17.7 Å². The lowest BCUT2D eigenvalue weighted by atomic mass is 9.94. The second-order valence-corrected chi connectivity index (χ2v) is 11.2. The van der Waals surface area contributed by atoms with Crippen LogP contribution in [0.3, 0.4) is 0 Å². The predicted molar refractivity (Wildman–Crippen MR) is 150 cm³/mol. The first kappa shape index (κ1) is 24.4. The van der Waals surface area contributed by atoms with Gasteiger partial charge in [-0.05, 0) is 79.3 Å². The first-order valence-corrected chi connectivity index (χ1v) is 13.6. The summed E-state index contributed by atoms with van der Waals surface area (Å²) in [5.41, 5.74) is 6.34. The van der Waals surface area contributed by atoms with Gasteiger partial charge in [0.15, 0.2) is 5.13 Å². The van der Waals surface area contributed by atoms with Crippen molar-refractivity contribution in [1.29, 1.82) is 0 Å². The molecule has 7 heteroatoms. The zero-order valence-electron chi connectivity index (χ0n) is 21.7.